The summed E-state index contributed by atoms with van der Waals surface area (Å²) in [6.45, 7) is 10.0. The molecular formula is C27H34N4O4S. The molecule has 192 valence electrons. The van der Waals surface area contributed by atoms with Crippen LogP contribution in [0.1, 0.15) is 17.0 Å². The lowest BCUT2D eigenvalue weighted by Gasteiger charge is -2.30. The average molecular weight is 511 g/mol. The normalized spacial score (nSPS) is 15.4. The molecule has 1 aliphatic heterocycles. The van der Waals surface area contributed by atoms with Crippen LogP contribution in [-0.2, 0) is 16.0 Å². The van der Waals surface area contributed by atoms with E-state index in [1.54, 1.807) is 0 Å². The molecule has 3 heterocycles. The van der Waals surface area contributed by atoms with E-state index in [4.69, 9.17) is 20.9 Å². The number of nitrogens with zero attached hydrogens (tertiary/aromatic N) is 3. The molecule has 0 amide bonds. The fraction of sp³-hybridized carbons (Fsp3) is 0.481. The number of nitrogens with one attached hydrogen (secondary N) is 1. The van der Waals surface area contributed by atoms with Gasteiger partial charge in [0.15, 0.2) is 0 Å². The number of aliphatic hydroxyl groups is 1. The minimum atomic E-state index is -0.698. The van der Waals surface area contributed by atoms with Gasteiger partial charge in [-0.25, -0.2) is 4.98 Å². The Morgan fingerprint density at radius 3 is 2.89 bits per heavy atom. The summed E-state index contributed by atoms with van der Waals surface area (Å²) < 4.78 is 10.8. The second kappa shape index (κ2) is 12.6. The summed E-state index contributed by atoms with van der Waals surface area (Å²) in [5.41, 5.74) is 4.15. The molecule has 36 heavy (non-hydrogen) atoms. The number of ether oxygens (including phenoxy) is 2. The van der Waals surface area contributed by atoms with Gasteiger partial charge in [-0.2, -0.15) is 0 Å². The van der Waals surface area contributed by atoms with Gasteiger partial charge < -0.3 is 19.6 Å². The first-order valence-corrected chi connectivity index (χ1v) is 13.1. The van der Waals surface area contributed by atoms with Gasteiger partial charge in [0.05, 0.1) is 37.9 Å². The lowest BCUT2D eigenvalue weighted by molar-refractivity contribution is 0.0132. The summed E-state index contributed by atoms with van der Waals surface area (Å²) >= 11 is 1.48. The highest BCUT2D eigenvalue weighted by atomic mass is 32.1. The molecule has 8 nitrogen and oxygen atoms in total. The molecule has 0 bridgehead atoms. The molecule has 1 fully saturated rings. The Bertz CT molecular complexity index is 1260. The number of fused-ring (bicyclic) bond motifs is 1. The van der Waals surface area contributed by atoms with Crippen molar-refractivity contribution in [3.63, 3.8) is 0 Å². The van der Waals surface area contributed by atoms with Gasteiger partial charge in [-0.15, -0.1) is 17.8 Å². The highest BCUT2D eigenvalue weighted by Crippen LogP contribution is 2.33. The Labute approximate surface area is 215 Å². The van der Waals surface area contributed by atoms with Crippen LogP contribution < -0.4 is 5.56 Å². The molecule has 0 spiro atoms. The topological polar surface area (TPSA) is 90.9 Å². The van der Waals surface area contributed by atoms with Crippen molar-refractivity contribution in [1.29, 1.82) is 0 Å². The number of aryl methyl sites for hydroxylation is 2. The van der Waals surface area contributed by atoms with Crippen LogP contribution >= 0.6 is 11.3 Å². The molecule has 9 heteroatoms. The number of rotatable bonds is 11. The number of aromatic nitrogens is 2. The van der Waals surface area contributed by atoms with Crippen LogP contribution in [0.3, 0.4) is 0 Å². The number of aliphatic hydroxyl groups excluding tert-OH is 1. The van der Waals surface area contributed by atoms with Gasteiger partial charge in [-0.3, -0.25) is 14.6 Å². The van der Waals surface area contributed by atoms with Crippen LogP contribution in [0.4, 0.5) is 0 Å². The van der Waals surface area contributed by atoms with E-state index in [0.29, 0.717) is 30.8 Å². The van der Waals surface area contributed by atoms with E-state index in [-0.39, 0.29) is 18.8 Å². The van der Waals surface area contributed by atoms with Crippen molar-refractivity contribution in [1.82, 2.24) is 19.8 Å². The van der Waals surface area contributed by atoms with Crippen molar-refractivity contribution >= 4 is 21.6 Å². The van der Waals surface area contributed by atoms with Gasteiger partial charge in [0, 0.05) is 43.7 Å². The van der Waals surface area contributed by atoms with Crippen molar-refractivity contribution in [3.05, 3.63) is 50.9 Å². The summed E-state index contributed by atoms with van der Waals surface area (Å²) in [6.07, 6.45) is 4.54. The Morgan fingerprint density at radius 1 is 1.33 bits per heavy atom. The van der Waals surface area contributed by atoms with Crippen molar-refractivity contribution in [2.45, 2.75) is 26.5 Å². The second-order valence-corrected chi connectivity index (χ2v) is 10.1. The molecule has 2 N–H and O–H groups in total. The third kappa shape index (κ3) is 6.79. The van der Waals surface area contributed by atoms with Crippen LogP contribution in [-0.4, -0.2) is 90.1 Å². The number of benzene rings is 1. The Kier molecular flexibility index (Phi) is 9.26. The van der Waals surface area contributed by atoms with E-state index in [1.807, 2.05) is 5.38 Å². The number of terminal acetylenes is 1. The Morgan fingerprint density at radius 2 is 2.14 bits per heavy atom. The zero-order chi connectivity index (χ0) is 25.5. The molecule has 1 atom stereocenters. The lowest BCUT2D eigenvalue weighted by Crippen LogP contribution is -2.43. The van der Waals surface area contributed by atoms with Crippen molar-refractivity contribution in [2.24, 2.45) is 0 Å². The van der Waals surface area contributed by atoms with E-state index in [9.17, 15) is 9.90 Å². The summed E-state index contributed by atoms with van der Waals surface area (Å²) in [6, 6.07) is 6.25. The highest BCUT2D eigenvalue weighted by Gasteiger charge is 2.19. The SMILES string of the molecule is C#CCOCC(O)CN(CCN1CCOCC1)Cc1nc2scc(-c3ccc(C)cc3C)c2c(=O)[nH]1. The largest absolute Gasteiger partial charge is 0.389 e. The second-order valence-electron chi connectivity index (χ2n) is 9.22. The Balaban J connectivity index is 1.53. The zero-order valence-corrected chi connectivity index (χ0v) is 21.8. The number of hydrogen-bond acceptors (Lipinski definition) is 8. The highest BCUT2D eigenvalue weighted by molar-refractivity contribution is 7.17. The van der Waals surface area contributed by atoms with E-state index < -0.39 is 6.10 Å². The third-order valence-electron chi connectivity index (χ3n) is 6.34. The fourth-order valence-electron chi connectivity index (χ4n) is 4.54. The molecule has 1 aromatic carbocycles. The lowest BCUT2D eigenvalue weighted by atomic mass is 9.99. The van der Waals surface area contributed by atoms with Crippen LogP contribution in [0.15, 0.2) is 28.4 Å². The van der Waals surface area contributed by atoms with E-state index >= 15 is 0 Å². The van der Waals surface area contributed by atoms with Crippen LogP contribution in [0.2, 0.25) is 0 Å². The Hall–Kier alpha value is -2.58. The molecule has 2 aromatic heterocycles. The minimum absolute atomic E-state index is 0.141. The summed E-state index contributed by atoms with van der Waals surface area (Å²) in [5, 5.41) is 13.1. The summed E-state index contributed by atoms with van der Waals surface area (Å²) in [4.78, 5) is 26.1. The predicted octanol–water partition coefficient (Wildman–Crippen LogP) is 2.41. The molecule has 1 saturated heterocycles. The number of aromatic amines is 1. The van der Waals surface area contributed by atoms with Crippen LogP contribution in [0.25, 0.3) is 21.3 Å². The first kappa shape index (κ1) is 26.5. The smallest absolute Gasteiger partial charge is 0.260 e. The number of hydrogen-bond donors (Lipinski definition) is 2. The summed E-state index contributed by atoms with van der Waals surface area (Å²) in [5.74, 6) is 3.00. The zero-order valence-electron chi connectivity index (χ0n) is 21.0. The van der Waals surface area contributed by atoms with E-state index in [0.717, 1.165) is 54.4 Å². The quantitative estimate of drug-likeness (QED) is 0.302. The maximum atomic E-state index is 13.2. The van der Waals surface area contributed by atoms with Gasteiger partial charge in [0.2, 0.25) is 0 Å². The number of H-pyrrole nitrogens is 1. The van der Waals surface area contributed by atoms with Gasteiger partial charge in [-0.05, 0) is 25.0 Å². The standard InChI is InChI=1S/C27H34N4O4S/c1-4-11-35-17-21(32)15-31(8-7-30-9-12-34-13-10-30)16-24-28-26(33)25-23(18-36-27(25)29-24)22-6-5-19(2)14-20(22)3/h1,5-6,14,18,21,32H,7-13,15-17H2,2-3H3,(H,28,29,33). The molecule has 1 aliphatic rings. The van der Waals surface area contributed by atoms with Gasteiger partial charge in [-0.1, -0.05) is 29.7 Å². The average Bonchev–Trinajstić information content (AvgIpc) is 3.27. The van der Waals surface area contributed by atoms with Crippen LogP contribution in [0.5, 0.6) is 0 Å². The molecule has 1 unspecified atom stereocenters. The van der Waals surface area contributed by atoms with Crippen LogP contribution in [0, 0.1) is 26.2 Å². The third-order valence-corrected chi connectivity index (χ3v) is 7.21. The molecule has 4 rings (SSSR count). The van der Waals surface area contributed by atoms with Gasteiger partial charge in [0.25, 0.3) is 5.56 Å². The molecular weight excluding hydrogens is 476 g/mol. The molecule has 0 saturated carbocycles. The molecule has 0 aliphatic carbocycles. The summed E-state index contributed by atoms with van der Waals surface area (Å²) in [7, 11) is 0. The van der Waals surface area contributed by atoms with Gasteiger partial charge in [0.1, 0.15) is 17.3 Å². The first-order chi connectivity index (χ1) is 17.4. The van der Waals surface area contributed by atoms with E-state index in [1.165, 1.54) is 16.9 Å². The van der Waals surface area contributed by atoms with Crippen molar-refractivity contribution < 1.29 is 14.6 Å². The van der Waals surface area contributed by atoms with Crippen molar-refractivity contribution in [3.8, 4) is 23.5 Å². The number of morpholine rings is 1. The first-order valence-electron chi connectivity index (χ1n) is 12.2. The number of thiophene rings is 1. The van der Waals surface area contributed by atoms with Crippen molar-refractivity contribution in [2.75, 3.05) is 59.2 Å². The minimum Gasteiger partial charge on any atom is -0.389 e. The maximum Gasteiger partial charge on any atom is 0.260 e. The predicted molar refractivity (Wildman–Crippen MR) is 143 cm³/mol. The van der Waals surface area contributed by atoms with E-state index in [2.05, 4.69) is 52.8 Å². The maximum absolute atomic E-state index is 13.2. The fourth-order valence-corrected chi connectivity index (χ4v) is 5.50. The molecule has 3 aromatic rings. The molecule has 0 radical (unpaired) electrons. The van der Waals surface area contributed by atoms with Gasteiger partial charge >= 0.3 is 0 Å². The monoisotopic (exact) mass is 510 g/mol.